The third-order valence-electron chi connectivity index (χ3n) is 4.86. The van der Waals surface area contributed by atoms with E-state index in [1.807, 2.05) is 36.6 Å². The van der Waals surface area contributed by atoms with Crippen molar-refractivity contribution in [3.8, 4) is 22.6 Å². The summed E-state index contributed by atoms with van der Waals surface area (Å²) in [6, 6.07) is 13.1. The number of fused-ring (bicyclic) bond motifs is 1. The van der Waals surface area contributed by atoms with Gasteiger partial charge in [-0.1, -0.05) is 29.8 Å². The number of nitrogens with one attached hydrogen (secondary N) is 1. The summed E-state index contributed by atoms with van der Waals surface area (Å²) in [6.45, 7) is 1.87. The molecule has 4 rings (SSSR count). The highest BCUT2D eigenvalue weighted by molar-refractivity contribution is 7.17. The monoisotopic (exact) mass is 435 g/mol. The number of ether oxygens (including phenoxy) is 2. The smallest absolute Gasteiger partial charge is 0.271 e. The molecular weight excluding hydrogens is 414 g/mol. The molecule has 2 heterocycles. The van der Waals surface area contributed by atoms with Gasteiger partial charge in [-0.15, -0.1) is 11.3 Å². The molecule has 0 saturated carbocycles. The van der Waals surface area contributed by atoms with E-state index in [0.717, 1.165) is 11.1 Å². The molecule has 1 amide bonds. The Hall–Kier alpha value is -3.65. The van der Waals surface area contributed by atoms with Gasteiger partial charge in [0, 0.05) is 34.8 Å². The van der Waals surface area contributed by atoms with Gasteiger partial charge in [0.05, 0.1) is 26.1 Å². The topological polar surface area (TPSA) is 82.5 Å². The standard InChI is InChI=1S/C23H21N3O4S/c1-14-4-6-15(7-5-14)19-12-31-22-21(19)24-13-26(23(22)28)11-20(27)25-16-8-17(29-2)10-18(9-16)30-3/h4-10,12-13H,11H2,1-3H3,(H,25,27). The van der Waals surface area contributed by atoms with Crippen LogP contribution in [0.2, 0.25) is 0 Å². The van der Waals surface area contributed by atoms with Crippen LogP contribution in [0.4, 0.5) is 5.69 Å². The molecule has 8 heteroatoms. The Balaban J connectivity index is 1.58. The van der Waals surface area contributed by atoms with Gasteiger partial charge < -0.3 is 14.8 Å². The fourth-order valence-electron chi connectivity index (χ4n) is 3.23. The molecule has 0 fully saturated rings. The van der Waals surface area contributed by atoms with Crippen LogP contribution in [0.5, 0.6) is 11.5 Å². The molecule has 0 atom stereocenters. The van der Waals surface area contributed by atoms with E-state index < -0.39 is 0 Å². The number of nitrogens with zero attached hydrogens (tertiary/aromatic N) is 2. The zero-order chi connectivity index (χ0) is 22.0. The first-order valence-corrected chi connectivity index (χ1v) is 10.4. The highest BCUT2D eigenvalue weighted by Gasteiger charge is 2.14. The Bertz CT molecular complexity index is 1290. The van der Waals surface area contributed by atoms with Crippen molar-refractivity contribution in [2.45, 2.75) is 13.5 Å². The summed E-state index contributed by atoms with van der Waals surface area (Å²) in [5.74, 6) is 0.753. The van der Waals surface area contributed by atoms with Gasteiger partial charge >= 0.3 is 0 Å². The number of amides is 1. The van der Waals surface area contributed by atoms with E-state index in [2.05, 4.69) is 10.3 Å². The number of benzene rings is 2. The van der Waals surface area contributed by atoms with Crippen LogP contribution >= 0.6 is 11.3 Å². The SMILES string of the molecule is COc1cc(NC(=O)Cn2cnc3c(-c4ccc(C)cc4)csc3c2=O)cc(OC)c1. The number of rotatable bonds is 6. The molecule has 4 aromatic rings. The molecule has 2 aromatic heterocycles. The molecule has 0 unspecified atom stereocenters. The van der Waals surface area contributed by atoms with Gasteiger partial charge in [0.15, 0.2) is 0 Å². The van der Waals surface area contributed by atoms with Crippen LogP contribution in [-0.2, 0) is 11.3 Å². The first-order valence-electron chi connectivity index (χ1n) is 9.55. The number of hydrogen-bond acceptors (Lipinski definition) is 6. The number of thiophene rings is 1. The third-order valence-corrected chi connectivity index (χ3v) is 5.82. The molecule has 1 N–H and O–H groups in total. The molecule has 2 aromatic carbocycles. The lowest BCUT2D eigenvalue weighted by Gasteiger charge is -2.10. The maximum absolute atomic E-state index is 12.9. The van der Waals surface area contributed by atoms with E-state index in [-0.39, 0.29) is 18.0 Å². The molecule has 0 aliphatic rings. The average Bonchev–Trinajstić information content (AvgIpc) is 3.20. The first kappa shape index (κ1) is 20.6. The fraction of sp³-hybridized carbons (Fsp3) is 0.174. The third kappa shape index (κ3) is 4.29. The minimum Gasteiger partial charge on any atom is -0.497 e. The number of aryl methyl sites for hydroxylation is 1. The Morgan fingerprint density at radius 1 is 1.10 bits per heavy atom. The Morgan fingerprint density at radius 3 is 2.42 bits per heavy atom. The van der Waals surface area contributed by atoms with Crippen LogP contribution in [0, 0.1) is 6.92 Å². The quantitative estimate of drug-likeness (QED) is 0.493. The average molecular weight is 436 g/mol. The second-order valence-electron chi connectivity index (χ2n) is 7.02. The predicted molar refractivity (Wildman–Crippen MR) is 122 cm³/mol. The van der Waals surface area contributed by atoms with Crippen LogP contribution < -0.4 is 20.3 Å². The van der Waals surface area contributed by atoms with Crippen molar-refractivity contribution in [2.75, 3.05) is 19.5 Å². The number of methoxy groups -OCH3 is 2. The van der Waals surface area contributed by atoms with Gasteiger partial charge in [-0.05, 0) is 12.5 Å². The van der Waals surface area contributed by atoms with Crippen LogP contribution in [0.25, 0.3) is 21.3 Å². The number of hydrogen-bond donors (Lipinski definition) is 1. The molecule has 31 heavy (non-hydrogen) atoms. The predicted octanol–water partition coefficient (Wildman–Crippen LogP) is 4.09. The zero-order valence-electron chi connectivity index (χ0n) is 17.3. The Morgan fingerprint density at radius 2 is 1.77 bits per heavy atom. The van der Waals surface area contributed by atoms with Crippen LogP contribution in [0.15, 0.2) is 59.0 Å². The minimum absolute atomic E-state index is 0.154. The maximum atomic E-state index is 12.9. The molecule has 0 aliphatic heterocycles. The number of carbonyl (C=O) groups excluding carboxylic acids is 1. The highest BCUT2D eigenvalue weighted by Crippen LogP contribution is 2.31. The molecular formula is C23H21N3O4S. The van der Waals surface area contributed by atoms with Gasteiger partial charge in [-0.25, -0.2) is 4.98 Å². The maximum Gasteiger partial charge on any atom is 0.271 e. The first-order chi connectivity index (χ1) is 15.0. The van der Waals surface area contributed by atoms with Crippen molar-refractivity contribution in [2.24, 2.45) is 0 Å². The summed E-state index contributed by atoms with van der Waals surface area (Å²) >= 11 is 1.33. The van der Waals surface area contributed by atoms with Gasteiger partial charge in [0.1, 0.15) is 22.7 Å². The van der Waals surface area contributed by atoms with Crippen molar-refractivity contribution in [3.63, 3.8) is 0 Å². The van der Waals surface area contributed by atoms with Gasteiger partial charge in [0.2, 0.25) is 5.91 Å². The van der Waals surface area contributed by atoms with Crippen LogP contribution in [-0.4, -0.2) is 29.7 Å². The van der Waals surface area contributed by atoms with Gasteiger partial charge in [-0.3, -0.25) is 14.2 Å². The summed E-state index contributed by atoms with van der Waals surface area (Å²) in [5.41, 5.74) is 4.00. The van der Waals surface area contributed by atoms with Crippen molar-refractivity contribution in [3.05, 3.63) is 70.1 Å². The summed E-state index contributed by atoms with van der Waals surface area (Å²) in [4.78, 5) is 29.9. The van der Waals surface area contributed by atoms with E-state index in [4.69, 9.17) is 9.47 Å². The lowest BCUT2D eigenvalue weighted by atomic mass is 10.1. The molecule has 0 saturated heterocycles. The molecule has 0 bridgehead atoms. The van der Waals surface area contributed by atoms with Crippen molar-refractivity contribution in [1.29, 1.82) is 0 Å². The second-order valence-corrected chi connectivity index (χ2v) is 7.90. The number of aromatic nitrogens is 2. The van der Waals surface area contributed by atoms with Crippen molar-refractivity contribution in [1.82, 2.24) is 9.55 Å². The Labute approximate surface area is 182 Å². The van der Waals surface area contributed by atoms with Crippen molar-refractivity contribution >= 4 is 33.1 Å². The molecule has 158 valence electrons. The van der Waals surface area contributed by atoms with Crippen molar-refractivity contribution < 1.29 is 14.3 Å². The molecule has 7 nitrogen and oxygen atoms in total. The largest absolute Gasteiger partial charge is 0.497 e. The van der Waals surface area contributed by atoms with Gasteiger partial charge in [0.25, 0.3) is 5.56 Å². The van der Waals surface area contributed by atoms with E-state index >= 15 is 0 Å². The number of anilines is 1. The molecule has 0 aliphatic carbocycles. The number of carbonyl (C=O) groups is 1. The zero-order valence-corrected chi connectivity index (χ0v) is 18.2. The fourth-order valence-corrected chi connectivity index (χ4v) is 4.20. The minimum atomic E-state index is -0.353. The van der Waals surface area contributed by atoms with E-state index in [0.29, 0.717) is 27.4 Å². The summed E-state index contributed by atoms with van der Waals surface area (Å²) in [7, 11) is 3.07. The molecule has 0 spiro atoms. The summed E-state index contributed by atoms with van der Waals surface area (Å²) < 4.78 is 12.3. The van der Waals surface area contributed by atoms with E-state index in [9.17, 15) is 9.59 Å². The Kier molecular flexibility index (Phi) is 5.73. The van der Waals surface area contributed by atoms with Crippen LogP contribution in [0.3, 0.4) is 0 Å². The normalized spacial score (nSPS) is 10.8. The van der Waals surface area contributed by atoms with Gasteiger partial charge in [-0.2, -0.15) is 0 Å². The van der Waals surface area contributed by atoms with E-state index in [1.54, 1.807) is 18.2 Å². The van der Waals surface area contributed by atoms with E-state index in [1.165, 1.54) is 42.0 Å². The summed E-state index contributed by atoms with van der Waals surface area (Å²) in [5, 5.41) is 4.70. The summed E-state index contributed by atoms with van der Waals surface area (Å²) in [6.07, 6.45) is 1.42. The lowest BCUT2D eigenvalue weighted by Crippen LogP contribution is -2.27. The van der Waals surface area contributed by atoms with Crippen LogP contribution in [0.1, 0.15) is 5.56 Å². The molecule has 0 radical (unpaired) electrons. The highest BCUT2D eigenvalue weighted by atomic mass is 32.1. The lowest BCUT2D eigenvalue weighted by molar-refractivity contribution is -0.116. The second kappa shape index (κ2) is 8.61.